The van der Waals surface area contributed by atoms with E-state index in [9.17, 15) is 4.79 Å². The van der Waals surface area contributed by atoms with Crippen LogP contribution in [0.2, 0.25) is 0 Å². The summed E-state index contributed by atoms with van der Waals surface area (Å²) in [6.07, 6.45) is 3.00. The van der Waals surface area contributed by atoms with Crippen LogP contribution in [0.3, 0.4) is 0 Å². The summed E-state index contributed by atoms with van der Waals surface area (Å²) in [4.78, 5) is 15.6. The highest BCUT2D eigenvalue weighted by molar-refractivity contribution is 7.98. The minimum Gasteiger partial charge on any atom is -0.352 e. The zero-order valence-electron chi connectivity index (χ0n) is 12.0. The number of nitrogens with one attached hydrogen (secondary N) is 2. The maximum absolute atomic E-state index is 12.1. The summed E-state index contributed by atoms with van der Waals surface area (Å²) < 4.78 is 0. The van der Waals surface area contributed by atoms with Gasteiger partial charge in [0.25, 0.3) is 5.91 Å². The molecule has 0 saturated carbocycles. The van der Waals surface area contributed by atoms with Crippen LogP contribution in [0.1, 0.15) is 16.8 Å². The monoisotopic (exact) mass is 293 g/mol. The predicted molar refractivity (Wildman–Crippen MR) is 84.5 cm³/mol. The third-order valence-corrected chi connectivity index (χ3v) is 4.29. The highest BCUT2D eigenvalue weighted by Gasteiger charge is 2.11. The lowest BCUT2D eigenvalue weighted by atomic mass is 10.2. The van der Waals surface area contributed by atoms with E-state index in [2.05, 4.69) is 15.5 Å². The second kappa shape index (κ2) is 8.29. The first-order valence-electron chi connectivity index (χ1n) is 7.15. The van der Waals surface area contributed by atoms with Gasteiger partial charge < -0.3 is 15.5 Å². The molecule has 0 aromatic heterocycles. The molecule has 0 atom stereocenters. The normalized spacial score (nSPS) is 16.1. The number of piperazine rings is 1. The van der Waals surface area contributed by atoms with Crippen molar-refractivity contribution in [3.05, 3.63) is 29.8 Å². The molecule has 2 N–H and O–H groups in total. The van der Waals surface area contributed by atoms with Crippen LogP contribution in [0.25, 0.3) is 0 Å². The van der Waals surface area contributed by atoms with Crippen molar-refractivity contribution < 1.29 is 4.79 Å². The highest BCUT2D eigenvalue weighted by atomic mass is 32.2. The third kappa shape index (κ3) is 4.51. The molecule has 1 fully saturated rings. The number of carbonyl (C=O) groups excluding carboxylic acids is 1. The number of rotatable bonds is 6. The summed E-state index contributed by atoms with van der Waals surface area (Å²) >= 11 is 1.61. The summed E-state index contributed by atoms with van der Waals surface area (Å²) in [6.45, 7) is 6.19. The van der Waals surface area contributed by atoms with Gasteiger partial charge in [0.15, 0.2) is 0 Å². The van der Waals surface area contributed by atoms with Crippen molar-refractivity contribution in [2.45, 2.75) is 11.3 Å². The van der Waals surface area contributed by atoms with Gasteiger partial charge in [-0.3, -0.25) is 4.79 Å². The van der Waals surface area contributed by atoms with Gasteiger partial charge in [0, 0.05) is 37.6 Å². The Morgan fingerprint density at radius 3 is 2.85 bits per heavy atom. The number of amides is 1. The second-order valence-electron chi connectivity index (χ2n) is 4.90. The molecule has 0 aliphatic carbocycles. The molecule has 20 heavy (non-hydrogen) atoms. The van der Waals surface area contributed by atoms with Gasteiger partial charge in [-0.15, -0.1) is 11.8 Å². The Balaban J connectivity index is 1.72. The first-order valence-corrected chi connectivity index (χ1v) is 8.38. The van der Waals surface area contributed by atoms with Gasteiger partial charge in [0.2, 0.25) is 0 Å². The Kier molecular flexibility index (Phi) is 6.36. The van der Waals surface area contributed by atoms with Crippen molar-refractivity contribution in [1.29, 1.82) is 0 Å². The van der Waals surface area contributed by atoms with E-state index in [1.807, 2.05) is 30.5 Å². The average Bonchev–Trinajstić information content (AvgIpc) is 2.52. The standard InChI is InChI=1S/C15H23N3OS/c1-20-14-6-3-2-5-13(14)15(19)17-7-4-10-18-11-8-16-9-12-18/h2-3,5-6,16H,4,7-12H2,1H3,(H,17,19). The summed E-state index contributed by atoms with van der Waals surface area (Å²) in [7, 11) is 0. The predicted octanol–water partition coefficient (Wildman–Crippen LogP) is 1.43. The molecule has 1 aliphatic rings. The van der Waals surface area contributed by atoms with Crippen LogP contribution in [0.4, 0.5) is 0 Å². The van der Waals surface area contributed by atoms with Gasteiger partial charge in [-0.1, -0.05) is 12.1 Å². The van der Waals surface area contributed by atoms with Gasteiger partial charge in [0.05, 0.1) is 5.56 Å². The maximum atomic E-state index is 12.1. The number of thioether (sulfide) groups is 1. The average molecular weight is 293 g/mol. The Labute approximate surface area is 125 Å². The SMILES string of the molecule is CSc1ccccc1C(=O)NCCCN1CCNCC1. The van der Waals surface area contributed by atoms with Crippen LogP contribution in [-0.4, -0.2) is 56.3 Å². The van der Waals surface area contributed by atoms with E-state index in [1.165, 1.54) is 0 Å². The molecule has 1 saturated heterocycles. The molecule has 1 heterocycles. The van der Waals surface area contributed by atoms with Gasteiger partial charge in [-0.2, -0.15) is 0 Å². The quantitative estimate of drug-likeness (QED) is 0.615. The van der Waals surface area contributed by atoms with E-state index in [0.29, 0.717) is 0 Å². The minimum atomic E-state index is 0.0373. The summed E-state index contributed by atoms with van der Waals surface area (Å²) in [5.41, 5.74) is 0.780. The molecule has 0 spiro atoms. The van der Waals surface area contributed by atoms with Crippen LogP contribution >= 0.6 is 11.8 Å². The maximum Gasteiger partial charge on any atom is 0.252 e. The van der Waals surface area contributed by atoms with Crippen molar-refractivity contribution in [3.8, 4) is 0 Å². The lowest BCUT2D eigenvalue weighted by molar-refractivity contribution is 0.0948. The second-order valence-corrected chi connectivity index (χ2v) is 5.75. The van der Waals surface area contributed by atoms with Crippen molar-refractivity contribution in [2.24, 2.45) is 0 Å². The Morgan fingerprint density at radius 1 is 1.35 bits per heavy atom. The molecule has 0 unspecified atom stereocenters. The van der Waals surface area contributed by atoms with Gasteiger partial charge in [-0.05, 0) is 31.4 Å². The zero-order chi connectivity index (χ0) is 14.2. The number of carbonyl (C=O) groups is 1. The third-order valence-electron chi connectivity index (χ3n) is 3.50. The summed E-state index contributed by atoms with van der Waals surface area (Å²) in [5, 5.41) is 6.36. The van der Waals surface area contributed by atoms with E-state index in [1.54, 1.807) is 11.8 Å². The summed E-state index contributed by atoms with van der Waals surface area (Å²) in [5.74, 6) is 0.0373. The van der Waals surface area contributed by atoms with E-state index >= 15 is 0 Å². The zero-order valence-corrected chi connectivity index (χ0v) is 12.8. The molecular formula is C15H23N3OS. The van der Waals surface area contributed by atoms with E-state index < -0.39 is 0 Å². The molecule has 2 rings (SSSR count). The molecule has 0 bridgehead atoms. The largest absolute Gasteiger partial charge is 0.352 e. The fourth-order valence-corrected chi connectivity index (χ4v) is 2.96. The van der Waals surface area contributed by atoms with Gasteiger partial charge in [-0.25, -0.2) is 0 Å². The molecule has 110 valence electrons. The Bertz CT molecular complexity index is 433. The molecule has 5 heteroatoms. The number of hydrogen-bond donors (Lipinski definition) is 2. The van der Waals surface area contributed by atoms with E-state index in [4.69, 9.17) is 0 Å². The Morgan fingerprint density at radius 2 is 2.10 bits per heavy atom. The van der Waals surface area contributed by atoms with Gasteiger partial charge in [0.1, 0.15) is 0 Å². The molecule has 0 radical (unpaired) electrons. The minimum absolute atomic E-state index is 0.0373. The smallest absolute Gasteiger partial charge is 0.252 e. The Hall–Kier alpha value is -1.04. The lowest BCUT2D eigenvalue weighted by Gasteiger charge is -2.27. The van der Waals surface area contributed by atoms with Crippen molar-refractivity contribution in [3.63, 3.8) is 0 Å². The fourth-order valence-electron chi connectivity index (χ4n) is 2.37. The van der Waals surface area contributed by atoms with E-state index in [0.717, 1.165) is 56.1 Å². The molecule has 1 aliphatic heterocycles. The topological polar surface area (TPSA) is 44.4 Å². The van der Waals surface area contributed by atoms with Crippen molar-refractivity contribution >= 4 is 17.7 Å². The molecule has 1 amide bonds. The van der Waals surface area contributed by atoms with Crippen molar-refractivity contribution in [2.75, 3.05) is 45.5 Å². The molecule has 1 aromatic carbocycles. The molecule has 4 nitrogen and oxygen atoms in total. The first-order chi connectivity index (χ1) is 9.81. The summed E-state index contributed by atoms with van der Waals surface area (Å²) in [6, 6.07) is 7.75. The van der Waals surface area contributed by atoms with Crippen LogP contribution in [0.15, 0.2) is 29.2 Å². The van der Waals surface area contributed by atoms with Crippen LogP contribution < -0.4 is 10.6 Å². The van der Waals surface area contributed by atoms with Crippen LogP contribution in [0.5, 0.6) is 0 Å². The first kappa shape index (κ1) is 15.4. The van der Waals surface area contributed by atoms with Crippen LogP contribution in [0, 0.1) is 0 Å². The molecular weight excluding hydrogens is 270 g/mol. The van der Waals surface area contributed by atoms with E-state index in [-0.39, 0.29) is 5.91 Å². The number of hydrogen-bond acceptors (Lipinski definition) is 4. The fraction of sp³-hybridized carbons (Fsp3) is 0.533. The number of nitrogens with zero attached hydrogens (tertiary/aromatic N) is 1. The van der Waals surface area contributed by atoms with Gasteiger partial charge >= 0.3 is 0 Å². The van der Waals surface area contributed by atoms with Crippen LogP contribution in [-0.2, 0) is 0 Å². The van der Waals surface area contributed by atoms with Crippen molar-refractivity contribution in [1.82, 2.24) is 15.5 Å². The lowest BCUT2D eigenvalue weighted by Crippen LogP contribution is -2.44. The highest BCUT2D eigenvalue weighted by Crippen LogP contribution is 2.19. The number of benzene rings is 1. The molecule has 1 aromatic rings.